The van der Waals surface area contributed by atoms with Crippen molar-refractivity contribution in [2.45, 2.75) is 33.7 Å². The zero-order valence-electron chi connectivity index (χ0n) is 10.7. The second-order valence-electron chi connectivity index (χ2n) is 5.04. The van der Waals surface area contributed by atoms with E-state index in [9.17, 15) is 0 Å². The van der Waals surface area contributed by atoms with Crippen LogP contribution in [-0.2, 0) is 0 Å². The number of nitrogens with zero attached hydrogens (tertiary/aromatic N) is 3. The number of nitrogens with two attached hydrogens (primary N) is 1. The lowest BCUT2D eigenvalue weighted by atomic mass is 9.87. The molecule has 0 aromatic carbocycles. The van der Waals surface area contributed by atoms with Crippen molar-refractivity contribution in [1.29, 1.82) is 0 Å². The Hall–Kier alpha value is -1.36. The SMILES string of the molecule is CC(N(C)c1ccnc(NN)n1)C(C)(C)C. The highest BCUT2D eigenvalue weighted by Crippen LogP contribution is 2.26. The summed E-state index contributed by atoms with van der Waals surface area (Å²) in [6.07, 6.45) is 1.70. The van der Waals surface area contributed by atoms with Crippen molar-refractivity contribution in [3.63, 3.8) is 0 Å². The second kappa shape index (κ2) is 4.65. The van der Waals surface area contributed by atoms with Gasteiger partial charge in [0.25, 0.3) is 0 Å². The first-order chi connectivity index (χ1) is 7.36. The number of rotatable bonds is 3. The van der Waals surface area contributed by atoms with Gasteiger partial charge in [-0.2, -0.15) is 4.98 Å². The Morgan fingerprint density at radius 3 is 2.56 bits per heavy atom. The molecule has 0 saturated carbocycles. The molecule has 0 radical (unpaired) electrons. The molecule has 1 atom stereocenters. The number of nitrogen functional groups attached to an aromatic ring is 1. The molecule has 0 amide bonds. The highest BCUT2D eigenvalue weighted by atomic mass is 15.3. The number of hydrogen-bond donors (Lipinski definition) is 2. The molecule has 1 unspecified atom stereocenters. The largest absolute Gasteiger partial charge is 0.356 e. The minimum Gasteiger partial charge on any atom is -0.356 e. The van der Waals surface area contributed by atoms with Crippen LogP contribution in [0.2, 0.25) is 0 Å². The molecule has 0 aliphatic heterocycles. The summed E-state index contributed by atoms with van der Waals surface area (Å²) in [5.74, 6) is 6.59. The molecule has 0 aliphatic rings. The van der Waals surface area contributed by atoms with Crippen molar-refractivity contribution >= 4 is 11.8 Å². The molecule has 0 spiro atoms. The minimum absolute atomic E-state index is 0.190. The fourth-order valence-corrected chi connectivity index (χ4v) is 1.39. The van der Waals surface area contributed by atoms with Crippen LogP contribution in [0.15, 0.2) is 12.3 Å². The maximum atomic E-state index is 5.29. The Bertz CT molecular complexity index is 344. The highest BCUT2D eigenvalue weighted by Gasteiger charge is 2.24. The van der Waals surface area contributed by atoms with E-state index < -0.39 is 0 Å². The average molecular weight is 223 g/mol. The van der Waals surface area contributed by atoms with Crippen LogP contribution in [0.4, 0.5) is 11.8 Å². The molecule has 0 saturated heterocycles. The average Bonchev–Trinajstić information content (AvgIpc) is 2.26. The zero-order valence-corrected chi connectivity index (χ0v) is 10.7. The van der Waals surface area contributed by atoms with Gasteiger partial charge >= 0.3 is 0 Å². The van der Waals surface area contributed by atoms with Gasteiger partial charge in [-0.3, -0.25) is 5.43 Å². The van der Waals surface area contributed by atoms with E-state index in [0.29, 0.717) is 12.0 Å². The van der Waals surface area contributed by atoms with Gasteiger partial charge in [0.05, 0.1) is 0 Å². The lowest BCUT2D eigenvalue weighted by Gasteiger charge is -2.36. The molecule has 16 heavy (non-hydrogen) atoms. The van der Waals surface area contributed by atoms with E-state index in [1.54, 1.807) is 6.20 Å². The molecule has 3 N–H and O–H groups in total. The quantitative estimate of drug-likeness (QED) is 0.602. The molecule has 1 heterocycles. The Balaban J connectivity index is 2.91. The highest BCUT2D eigenvalue weighted by molar-refractivity contribution is 5.42. The number of aromatic nitrogens is 2. The fourth-order valence-electron chi connectivity index (χ4n) is 1.39. The van der Waals surface area contributed by atoms with Gasteiger partial charge < -0.3 is 4.90 Å². The number of hydrogen-bond acceptors (Lipinski definition) is 5. The predicted octanol–water partition coefficient (Wildman–Crippen LogP) is 1.63. The summed E-state index contributed by atoms with van der Waals surface area (Å²) >= 11 is 0. The predicted molar refractivity (Wildman–Crippen MR) is 67.2 cm³/mol. The lowest BCUT2D eigenvalue weighted by molar-refractivity contribution is 0.328. The van der Waals surface area contributed by atoms with E-state index in [0.717, 1.165) is 5.82 Å². The molecule has 5 nitrogen and oxygen atoms in total. The van der Waals surface area contributed by atoms with E-state index in [-0.39, 0.29) is 5.41 Å². The van der Waals surface area contributed by atoms with E-state index in [4.69, 9.17) is 5.84 Å². The van der Waals surface area contributed by atoms with Crippen molar-refractivity contribution in [1.82, 2.24) is 9.97 Å². The van der Waals surface area contributed by atoms with Gasteiger partial charge in [0.1, 0.15) is 5.82 Å². The molecule has 1 rings (SSSR count). The first-order valence-electron chi connectivity index (χ1n) is 5.38. The van der Waals surface area contributed by atoms with Crippen LogP contribution in [0.25, 0.3) is 0 Å². The van der Waals surface area contributed by atoms with Crippen molar-refractivity contribution in [2.75, 3.05) is 17.4 Å². The molecule has 90 valence electrons. The van der Waals surface area contributed by atoms with Gasteiger partial charge in [-0.25, -0.2) is 10.8 Å². The lowest BCUT2D eigenvalue weighted by Crippen LogP contribution is -2.39. The molecule has 0 fully saturated rings. The van der Waals surface area contributed by atoms with Gasteiger partial charge in [-0.15, -0.1) is 0 Å². The molecular formula is C11H21N5. The van der Waals surface area contributed by atoms with Crippen LogP contribution in [0, 0.1) is 5.41 Å². The normalized spacial score (nSPS) is 13.4. The summed E-state index contributed by atoms with van der Waals surface area (Å²) in [7, 11) is 2.03. The van der Waals surface area contributed by atoms with E-state index in [1.807, 2.05) is 13.1 Å². The summed E-state index contributed by atoms with van der Waals surface area (Å²) in [4.78, 5) is 10.4. The molecule has 0 bridgehead atoms. The number of nitrogens with one attached hydrogen (secondary N) is 1. The minimum atomic E-state index is 0.190. The Morgan fingerprint density at radius 1 is 1.44 bits per heavy atom. The Labute approximate surface area is 97.0 Å². The number of hydrazine groups is 1. The third kappa shape index (κ3) is 2.82. The number of anilines is 2. The molecule has 5 heteroatoms. The molecule has 1 aromatic rings. The topological polar surface area (TPSA) is 67.1 Å². The maximum absolute atomic E-state index is 5.29. The van der Waals surface area contributed by atoms with E-state index >= 15 is 0 Å². The van der Waals surface area contributed by atoms with Crippen molar-refractivity contribution in [3.8, 4) is 0 Å². The maximum Gasteiger partial charge on any atom is 0.239 e. The van der Waals surface area contributed by atoms with Gasteiger partial charge in [-0.1, -0.05) is 20.8 Å². The van der Waals surface area contributed by atoms with Crippen LogP contribution in [-0.4, -0.2) is 23.1 Å². The van der Waals surface area contributed by atoms with Crippen LogP contribution in [0.5, 0.6) is 0 Å². The van der Waals surface area contributed by atoms with Crippen LogP contribution < -0.4 is 16.2 Å². The van der Waals surface area contributed by atoms with Crippen molar-refractivity contribution in [3.05, 3.63) is 12.3 Å². The standard InChI is InChI=1S/C11H21N5/c1-8(11(2,3)4)16(5)9-6-7-13-10(14-9)15-12/h6-8H,12H2,1-5H3,(H,13,14,15). The first-order valence-corrected chi connectivity index (χ1v) is 5.38. The molecule has 1 aromatic heterocycles. The zero-order chi connectivity index (χ0) is 12.3. The summed E-state index contributed by atoms with van der Waals surface area (Å²) < 4.78 is 0. The summed E-state index contributed by atoms with van der Waals surface area (Å²) in [6, 6.07) is 2.25. The summed E-state index contributed by atoms with van der Waals surface area (Å²) in [5.41, 5.74) is 2.64. The molecule has 0 aliphatic carbocycles. The van der Waals surface area contributed by atoms with E-state index in [2.05, 4.69) is 48.0 Å². The first kappa shape index (κ1) is 12.7. The summed E-state index contributed by atoms with van der Waals surface area (Å²) in [5, 5.41) is 0. The molecular weight excluding hydrogens is 202 g/mol. The van der Waals surface area contributed by atoms with Gasteiger partial charge in [0.2, 0.25) is 5.95 Å². The second-order valence-corrected chi connectivity index (χ2v) is 5.04. The third-order valence-electron chi connectivity index (χ3n) is 2.97. The third-order valence-corrected chi connectivity index (χ3v) is 2.97. The smallest absolute Gasteiger partial charge is 0.239 e. The van der Waals surface area contributed by atoms with E-state index in [1.165, 1.54) is 0 Å². The van der Waals surface area contributed by atoms with Crippen LogP contribution in [0.1, 0.15) is 27.7 Å². The Kier molecular flexibility index (Phi) is 3.70. The van der Waals surface area contributed by atoms with Gasteiger partial charge in [0, 0.05) is 19.3 Å². The monoisotopic (exact) mass is 223 g/mol. The van der Waals surface area contributed by atoms with Gasteiger partial charge in [0.15, 0.2) is 0 Å². The fraction of sp³-hybridized carbons (Fsp3) is 0.636. The Morgan fingerprint density at radius 2 is 2.06 bits per heavy atom. The van der Waals surface area contributed by atoms with Crippen LogP contribution in [0.3, 0.4) is 0 Å². The van der Waals surface area contributed by atoms with Crippen LogP contribution >= 0.6 is 0 Å². The van der Waals surface area contributed by atoms with Gasteiger partial charge in [-0.05, 0) is 18.4 Å². The van der Waals surface area contributed by atoms with Crippen molar-refractivity contribution in [2.24, 2.45) is 11.3 Å². The van der Waals surface area contributed by atoms with Crippen molar-refractivity contribution < 1.29 is 0 Å². The summed E-state index contributed by atoms with van der Waals surface area (Å²) in [6.45, 7) is 8.80.